The molecule has 0 aliphatic carbocycles. The molecule has 1 atom stereocenters. The fourth-order valence-electron chi connectivity index (χ4n) is 2.26. The molecule has 1 unspecified atom stereocenters. The first-order valence-corrected chi connectivity index (χ1v) is 7.33. The Morgan fingerprint density at radius 1 is 1.00 bits per heavy atom. The molecule has 1 saturated heterocycles. The normalized spacial score (nSPS) is 24.7. The topological polar surface area (TPSA) is 157 Å². The molecule has 1 rings (SSSR count). The van der Waals surface area contributed by atoms with Crippen LogP contribution >= 0.6 is 0 Å². The quantitative estimate of drug-likeness (QED) is 0.280. The van der Waals surface area contributed by atoms with Crippen molar-refractivity contribution < 1.29 is 20.2 Å². The van der Waals surface area contributed by atoms with Gasteiger partial charge in [0, 0.05) is 19.4 Å². The molecule has 1 aliphatic heterocycles. The molecule has 12 heteroatoms. The zero-order chi connectivity index (χ0) is 16.2. The van der Waals surface area contributed by atoms with Gasteiger partial charge in [0.1, 0.15) is 0 Å². The van der Waals surface area contributed by atoms with Crippen molar-refractivity contribution in [3.63, 3.8) is 0 Å². The summed E-state index contributed by atoms with van der Waals surface area (Å²) >= 11 is 0. The zero-order valence-corrected chi connectivity index (χ0v) is 12.4. The lowest BCUT2D eigenvalue weighted by Crippen LogP contribution is -2.55. The number of rotatable bonds is 2. The second kappa shape index (κ2) is 10.8. The maximum atomic E-state index is 11.5. The molecule has 0 aromatic carbocycles. The van der Waals surface area contributed by atoms with Gasteiger partial charge in [-0.25, -0.2) is 5.43 Å². The summed E-state index contributed by atoms with van der Waals surface area (Å²) in [5.41, 5.74) is 8.07. The van der Waals surface area contributed by atoms with Gasteiger partial charge in [0.25, 0.3) is 0 Å². The van der Waals surface area contributed by atoms with E-state index in [2.05, 4.69) is 27.1 Å². The highest BCUT2D eigenvalue weighted by Gasteiger charge is 2.20. The summed E-state index contributed by atoms with van der Waals surface area (Å²) in [6.07, 6.45) is 5.32. The van der Waals surface area contributed by atoms with Crippen LogP contribution in [0.4, 0.5) is 0 Å². The Kier molecular flexibility index (Phi) is 8.86. The van der Waals surface area contributed by atoms with Crippen molar-refractivity contribution in [2.75, 3.05) is 13.1 Å². The van der Waals surface area contributed by atoms with Gasteiger partial charge >= 0.3 is 0 Å². The van der Waals surface area contributed by atoms with E-state index in [4.69, 9.17) is 10.4 Å². The van der Waals surface area contributed by atoms with Gasteiger partial charge < -0.3 is 20.8 Å². The fourth-order valence-corrected chi connectivity index (χ4v) is 2.26. The maximum absolute atomic E-state index is 11.5. The van der Waals surface area contributed by atoms with Crippen molar-refractivity contribution in [1.82, 2.24) is 21.6 Å². The average Bonchev–Trinajstić information content (AvgIpc) is 2.55. The number of hydrogen-bond acceptors (Lipinski definition) is 7. The molecule has 0 aromatic rings. The van der Waals surface area contributed by atoms with Crippen molar-refractivity contribution in [1.29, 1.82) is 0 Å². The summed E-state index contributed by atoms with van der Waals surface area (Å²) in [5, 5.41) is 46.2. The monoisotopic (exact) mass is 320 g/mol. The minimum Gasteiger partial charge on any atom is -0.597 e. The SMILES string of the molecule is [O-][N+](=NO)C1CCCCCCNNNN([N+]([O-])=NO)CCC1. The van der Waals surface area contributed by atoms with E-state index in [1.807, 2.05) is 0 Å². The molecule has 0 radical (unpaired) electrons. The third-order valence-electron chi connectivity index (χ3n) is 3.45. The predicted molar refractivity (Wildman–Crippen MR) is 72.8 cm³/mol. The highest BCUT2D eigenvalue weighted by molar-refractivity contribution is 4.59. The molecule has 128 valence electrons. The summed E-state index contributed by atoms with van der Waals surface area (Å²) in [4.78, 5) is 0.287. The van der Waals surface area contributed by atoms with E-state index in [0.717, 1.165) is 30.8 Å². The molecule has 1 fully saturated rings. The van der Waals surface area contributed by atoms with Crippen LogP contribution in [0.3, 0.4) is 0 Å². The second-order valence-corrected chi connectivity index (χ2v) is 5.02. The van der Waals surface area contributed by atoms with Crippen molar-refractivity contribution in [2.24, 2.45) is 10.6 Å². The minimum atomic E-state index is -0.438. The van der Waals surface area contributed by atoms with Gasteiger partial charge in [-0.15, -0.1) is 5.53 Å². The van der Waals surface area contributed by atoms with Crippen molar-refractivity contribution in [2.45, 2.75) is 51.0 Å². The molecule has 0 aromatic heterocycles. The standard InChI is InChI=1S/C10H24N8O4/c19-14-17(21)10-6-3-1-2-4-8-11-12-13-16(9-5-7-10)18(22)15-20/h10-13,19-20H,1-9H2. The van der Waals surface area contributed by atoms with Crippen LogP contribution in [0.25, 0.3) is 0 Å². The Morgan fingerprint density at radius 2 is 1.73 bits per heavy atom. The summed E-state index contributed by atoms with van der Waals surface area (Å²) in [7, 11) is 0. The molecule has 22 heavy (non-hydrogen) atoms. The summed E-state index contributed by atoms with van der Waals surface area (Å²) < 4.78 is 0. The van der Waals surface area contributed by atoms with E-state index in [9.17, 15) is 10.4 Å². The van der Waals surface area contributed by atoms with Crippen LogP contribution in [-0.2, 0) is 0 Å². The van der Waals surface area contributed by atoms with Crippen LogP contribution in [-0.4, -0.2) is 44.5 Å². The smallest absolute Gasteiger partial charge is 0.232 e. The third-order valence-corrected chi connectivity index (χ3v) is 3.45. The molecule has 0 amide bonds. The first-order chi connectivity index (χ1) is 10.7. The molecule has 1 aliphatic rings. The van der Waals surface area contributed by atoms with Gasteiger partial charge in [0.05, 0.1) is 11.5 Å². The molecular formula is C10H24N8O4. The molecular weight excluding hydrogens is 296 g/mol. The van der Waals surface area contributed by atoms with Gasteiger partial charge in [0.2, 0.25) is 5.28 Å². The molecule has 0 spiro atoms. The Morgan fingerprint density at radius 3 is 2.45 bits per heavy atom. The number of hydroxylamine groups is 1. The number of hydrazine groups is 4. The van der Waals surface area contributed by atoms with Gasteiger partial charge in [-0.05, 0) is 19.3 Å². The van der Waals surface area contributed by atoms with Crippen LogP contribution < -0.4 is 16.5 Å². The van der Waals surface area contributed by atoms with E-state index in [1.54, 1.807) is 0 Å². The fraction of sp³-hybridized carbons (Fsp3) is 1.00. The summed E-state index contributed by atoms with van der Waals surface area (Å²) in [6.45, 7) is 0.886. The molecule has 12 nitrogen and oxygen atoms in total. The van der Waals surface area contributed by atoms with Gasteiger partial charge in [-0.1, -0.05) is 22.8 Å². The van der Waals surface area contributed by atoms with Crippen molar-refractivity contribution in [3.05, 3.63) is 10.4 Å². The van der Waals surface area contributed by atoms with Gasteiger partial charge in [-0.2, -0.15) is 5.53 Å². The van der Waals surface area contributed by atoms with Gasteiger partial charge in [0.15, 0.2) is 11.3 Å². The maximum Gasteiger partial charge on any atom is 0.232 e. The third kappa shape index (κ3) is 6.69. The Bertz CT molecular complexity index is 335. The second-order valence-electron chi connectivity index (χ2n) is 5.02. The van der Waals surface area contributed by atoms with E-state index in [1.165, 1.54) is 0 Å². The van der Waals surface area contributed by atoms with Crippen molar-refractivity contribution in [3.8, 4) is 0 Å². The molecule has 1 heterocycles. The van der Waals surface area contributed by atoms with Crippen LogP contribution in [0, 0.1) is 10.4 Å². The zero-order valence-electron chi connectivity index (χ0n) is 12.4. The minimum absolute atomic E-state index is 0.0130. The van der Waals surface area contributed by atoms with Gasteiger partial charge in [-0.3, -0.25) is 0 Å². The van der Waals surface area contributed by atoms with E-state index >= 15 is 0 Å². The highest BCUT2D eigenvalue weighted by Crippen LogP contribution is 2.13. The van der Waals surface area contributed by atoms with Crippen molar-refractivity contribution >= 4 is 0 Å². The number of nitrogens with one attached hydrogen (secondary N) is 3. The predicted octanol–water partition coefficient (Wildman–Crippen LogP) is 0.534. The van der Waals surface area contributed by atoms with E-state index in [-0.39, 0.29) is 11.5 Å². The van der Waals surface area contributed by atoms with E-state index < -0.39 is 6.04 Å². The Hall–Kier alpha value is -1.92. The number of nitrogens with zero attached hydrogens (tertiary/aromatic N) is 5. The first kappa shape index (κ1) is 18.1. The Labute approximate surface area is 128 Å². The lowest BCUT2D eigenvalue weighted by molar-refractivity contribution is -0.725. The molecule has 0 bridgehead atoms. The van der Waals surface area contributed by atoms with Crippen LogP contribution in [0.2, 0.25) is 0 Å². The molecule has 0 saturated carbocycles. The lowest BCUT2D eigenvalue weighted by Gasteiger charge is -2.20. The molecule has 5 N–H and O–H groups in total. The summed E-state index contributed by atoms with van der Waals surface area (Å²) in [5.74, 6) is 0. The van der Waals surface area contributed by atoms with Crippen LogP contribution in [0.1, 0.15) is 44.9 Å². The largest absolute Gasteiger partial charge is 0.597 e. The first-order valence-electron chi connectivity index (χ1n) is 7.33. The highest BCUT2D eigenvalue weighted by atomic mass is 16.6. The van der Waals surface area contributed by atoms with E-state index in [0.29, 0.717) is 30.7 Å². The Balaban J connectivity index is 2.61. The van der Waals surface area contributed by atoms with Crippen LogP contribution in [0.15, 0.2) is 10.6 Å². The van der Waals surface area contributed by atoms with Crippen LogP contribution in [0.5, 0.6) is 0 Å². The number of hydrogen-bond donors (Lipinski definition) is 5. The summed E-state index contributed by atoms with van der Waals surface area (Å²) in [6, 6.07) is -0.438. The average molecular weight is 320 g/mol. The lowest BCUT2D eigenvalue weighted by atomic mass is 10.0.